The van der Waals surface area contributed by atoms with Crippen LogP contribution in [-0.4, -0.2) is 28.9 Å². The van der Waals surface area contributed by atoms with E-state index in [0.29, 0.717) is 15.2 Å². The van der Waals surface area contributed by atoms with E-state index in [4.69, 9.17) is 28.0 Å². The number of alkyl halides is 2. The van der Waals surface area contributed by atoms with Gasteiger partial charge in [0.2, 0.25) is 0 Å². The highest BCUT2D eigenvalue weighted by molar-refractivity contribution is 9.10. The van der Waals surface area contributed by atoms with E-state index in [1.807, 2.05) is 6.79 Å². The van der Waals surface area contributed by atoms with Crippen LogP contribution in [-0.2, 0) is 11.3 Å². The third-order valence-corrected chi connectivity index (χ3v) is 3.81. The summed E-state index contributed by atoms with van der Waals surface area (Å²) in [5, 5.41) is 6.80. The van der Waals surface area contributed by atoms with Gasteiger partial charge >= 0.3 is 0 Å². The zero-order valence-corrected chi connectivity index (χ0v) is 15.4. The zero-order valence-electron chi connectivity index (χ0n) is 12.3. The van der Waals surface area contributed by atoms with Crippen molar-refractivity contribution in [1.82, 2.24) is 9.78 Å². The van der Waals surface area contributed by atoms with Crippen molar-refractivity contribution in [2.45, 2.75) is 19.9 Å². The number of hydrogen-bond donors (Lipinski definition) is 1. The first-order valence-corrected chi connectivity index (χ1v) is 7.90. The molecule has 1 aromatic heterocycles. The van der Waals surface area contributed by atoms with Gasteiger partial charge in [0.25, 0.3) is 12.3 Å². The normalized spacial score (nSPS) is 10.3. The Kier molecular flexibility index (Phi) is 7.78. The van der Waals surface area contributed by atoms with Gasteiger partial charge in [0.1, 0.15) is 19.0 Å². The first-order chi connectivity index (χ1) is 11.3. The fourth-order valence-corrected chi connectivity index (χ4v) is 3.13. The van der Waals surface area contributed by atoms with Crippen LogP contribution in [0.2, 0.25) is 10.2 Å². The average molecular weight is 443 g/mol. The molecular weight excluding hydrogens is 431 g/mol. The Bertz CT molecular complexity index is 718. The molecule has 1 heterocycles. The largest absolute Gasteiger partial charge is 0.319 e. The number of amides is 1. The van der Waals surface area contributed by atoms with Crippen LogP contribution >= 0.6 is 39.1 Å². The van der Waals surface area contributed by atoms with Gasteiger partial charge in [-0.05, 0) is 40.5 Å². The van der Waals surface area contributed by atoms with Gasteiger partial charge in [-0.15, -0.1) is 0 Å². The standard InChI is InChI=1S/C13H10BrCl2F2N3O.CH2O/c1-6-2-7(15)3-8(14)12(6)19-13(22)9-4-10(16)20-21(9)5-11(17)18;1-2/h2-4,11H,5H2,1H3,(H,19,22);1H2. The monoisotopic (exact) mass is 441 g/mol. The highest BCUT2D eigenvalue weighted by Crippen LogP contribution is 2.30. The predicted octanol–water partition coefficient (Wildman–Crippen LogP) is 4.59. The Balaban J connectivity index is 0.00000139. The number of aryl methyl sites for hydroxylation is 1. The molecular formula is C14H12BrCl2F2N3O2. The molecule has 0 unspecified atom stereocenters. The molecule has 0 bridgehead atoms. The number of aromatic nitrogens is 2. The van der Waals surface area contributed by atoms with Crippen LogP contribution in [0.5, 0.6) is 0 Å². The summed E-state index contributed by atoms with van der Waals surface area (Å²) in [4.78, 5) is 20.3. The molecule has 130 valence electrons. The van der Waals surface area contributed by atoms with Gasteiger partial charge in [-0.3, -0.25) is 9.48 Å². The maximum atomic E-state index is 12.5. The minimum Gasteiger partial charge on any atom is -0.319 e. The molecule has 1 aromatic carbocycles. The summed E-state index contributed by atoms with van der Waals surface area (Å²) in [6.07, 6.45) is -2.65. The van der Waals surface area contributed by atoms with Gasteiger partial charge in [-0.1, -0.05) is 23.2 Å². The number of anilines is 1. The number of nitrogens with one attached hydrogen (secondary N) is 1. The molecule has 1 N–H and O–H groups in total. The van der Waals surface area contributed by atoms with E-state index in [1.165, 1.54) is 6.07 Å². The molecule has 0 aliphatic rings. The third kappa shape index (κ3) is 5.25. The molecule has 0 atom stereocenters. The minimum absolute atomic E-state index is 0.0299. The SMILES string of the molecule is C=O.Cc1cc(Cl)cc(Br)c1NC(=O)c1cc(Cl)nn1CC(F)F. The molecule has 0 saturated carbocycles. The van der Waals surface area contributed by atoms with Crippen LogP contribution < -0.4 is 5.32 Å². The van der Waals surface area contributed by atoms with Crippen molar-refractivity contribution in [3.63, 3.8) is 0 Å². The van der Waals surface area contributed by atoms with Crippen LogP contribution in [0.3, 0.4) is 0 Å². The fourth-order valence-electron chi connectivity index (χ4n) is 1.88. The summed E-state index contributed by atoms with van der Waals surface area (Å²) in [7, 11) is 0. The van der Waals surface area contributed by atoms with Crippen LogP contribution in [0.4, 0.5) is 14.5 Å². The second kappa shape index (κ2) is 9.10. The summed E-state index contributed by atoms with van der Waals surface area (Å²) < 4.78 is 26.5. The molecule has 24 heavy (non-hydrogen) atoms. The van der Waals surface area contributed by atoms with E-state index < -0.39 is 18.9 Å². The van der Waals surface area contributed by atoms with Crippen LogP contribution in [0.15, 0.2) is 22.7 Å². The highest BCUT2D eigenvalue weighted by Gasteiger charge is 2.19. The zero-order chi connectivity index (χ0) is 18.4. The molecule has 0 aliphatic carbocycles. The molecule has 1 amide bonds. The van der Waals surface area contributed by atoms with Crippen molar-refractivity contribution in [3.8, 4) is 0 Å². The maximum Gasteiger partial charge on any atom is 0.274 e. The first-order valence-electron chi connectivity index (χ1n) is 6.35. The molecule has 2 aromatic rings. The number of nitrogens with zero attached hydrogens (tertiary/aromatic N) is 2. The van der Waals surface area contributed by atoms with Gasteiger partial charge in [-0.2, -0.15) is 5.10 Å². The molecule has 2 rings (SSSR count). The molecule has 0 aliphatic heterocycles. The number of benzene rings is 1. The van der Waals surface area contributed by atoms with Crippen molar-refractivity contribution in [2.75, 3.05) is 5.32 Å². The number of hydrogen-bond acceptors (Lipinski definition) is 3. The van der Waals surface area contributed by atoms with Crippen molar-refractivity contribution in [3.05, 3.63) is 44.1 Å². The van der Waals surface area contributed by atoms with Crippen LogP contribution in [0, 0.1) is 6.92 Å². The van der Waals surface area contributed by atoms with E-state index in [0.717, 1.165) is 10.2 Å². The van der Waals surface area contributed by atoms with Crippen LogP contribution in [0.1, 0.15) is 16.1 Å². The molecule has 0 fully saturated rings. The second-order valence-corrected chi connectivity index (χ2v) is 6.14. The summed E-state index contributed by atoms with van der Waals surface area (Å²) in [6, 6.07) is 4.53. The Morgan fingerprint density at radius 3 is 2.54 bits per heavy atom. The molecule has 0 saturated heterocycles. The van der Waals surface area contributed by atoms with E-state index >= 15 is 0 Å². The van der Waals surface area contributed by atoms with Crippen molar-refractivity contribution < 1.29 is 18.4 Å². The summed E-state index contributed by atoms with van der Waals surface area (Å²) in [5.41, 5.74) is 1.17. The minimum atomic E-state index is -2.65. The first kappa shape index (κ1) is 20.5. The molecule has 5 nitrogen and oxygen atoms in total. The topological polar surface area (TPSA) is 64.0 Å². The Morgan fingerprint density at radius 2 is 2.00 bits per heavy atom. The van der Waals surface area contributed by atoms with Gasteiger partial charge in [0.15, 0.2) is 5.15 Å². The lowest BCUT2D eigenvalue weighted by Gasteiger charge is -2.12. The smallest absolute Gasteiger partial charge is 0.274 e. The summed E-state index contributed by atoms with van der Waals surface area (Å²) >= 11 is 14.9. The van der Waals surface area contributed by atoms with Gasteiger partial charge in [0.05, 0.1) is 5.69 Å². The second-order valence-electron chi connectivity index (χ2n) is 4.46. The summed E-state index contributed by atoms with van der Waals surface area (Å²) in [6.45, 7) is 3.05. The lowest BCUT2D eigenvalue weighted by molar-refractivity contribution is -0.0980. The Hall–Kier alpha value is -1.51. The predicted molar refractivity (Wildman–Crippen MR) is 92.2 cm³/mol. The number of carbonyl (C=O) groups excluding carboxylic acids is 2. The van der Waals surface area contributed by atoms with E-state index in [1.54, 1.807) is 19.1 Å². The number of halogens is 5. The molecule has 0 radical (unpaired) electrons. The summed E-state index contributed by atoms with van der Waals surface area (Å²) in [5.74, 6) is -0.592. The van der Waals surface area contributed by atoms with E-state index in [9.17, 15) is 13.6 Å². The van der Waals surface area contributed by atoms with Crippen molar-refractivity contribution >= 4 is 57.5 Å². The maximum absolute atomic E-state index is 12.5. The van der Waals surface area contributed by atoms with Gasteiger partial charge in [-0.25, -0.2) is 8.78 Å². The van der Waals surface area contributed by atoms with Gasteiger partial charge in [0, 0.05) is 15.6 Å². The van der Waals surface area contributed by atoms with Gasteiger partial charge < -0.3 is 10.1 Å². The molecule has 0 spiro atoms. The quantitative estimate of drug-likeness (QED) is 0.752. The van der Waals surface area contributed by atoms with E-state index in [2.05, 4.69) is 26.3 Å². The lowest BCUT2D eigenvalue weighted by Crippen LogP contribution is -2.20. The van der Waals surface area contributed by atoms with E-state index in [-0.39, 0.29) is 10.8 Å². The number of rotatable bonds is 4. The molecule has 10 heteroatoms. The average Bonchev–Trinajstić information content (AvgIpc) is 2.84. The van der Waals surface area contributed by atoms with Crippen molar-refractivity contribution in [2.24, 2.45) is 0 Å². The highest BCUT2D eigenvalue weighted by atomic mass is 79.9. The Labute approximate surface area is 155 Å². The lowest BCUT2D eigenvalue weighted by atomic mass is 10.2. The number of carbonyl (C=O) groups is 2. The van der Waals surface area contributed by atoms with Crippen molar-refractivity contribution in [1.29, 1.82) is 0 Å². The van der Waals surface area contributed by atoms with Crippen LogP contribution in [0.25, 0.3) is 0 Å². The Morgan fingerprint density at radius 1 is 1.38 bits per heavy atom. The fraction of sp³-hybridized carbons (Fsp3) is 0.214. The third-order valence-electron chi connectivity index (χ3n) is 2.78.